The molecule has 440 valence electrons. The molecule has 12 heteroatoms. The van der Waals surface area contributed by atoms with Crippen LogP contribution in [-0.4, -0.2) is 29.1 Å². The van der Waals surface area contributed by atoms with E-state index in [1.807, 2.05) is 228 Å². The average molecular weight is 1210 g/mol. The van der Waals surface area contributed by atoms with Crippen LogP contribution in [0.15, 0.2) is 280 Å². The van der Waals surface area contributed by atoms with Crippen LogP contribution in [0, 0.1) is 40.4 Å². The minimum atomic E-state index is -2.32. The van der Waals surface area contributed by atoms with E-state index in [0.29, 0.717) is 27.8 Å². The Kier molecular flexibility index (Phi) is 13.7. The molecule has 93 heavy (non-hydrogen) atoms. The van der Waals surface area contributed by atoms with Crippen LogP contribution in [0.1, 0.15) is 5.56 Å². The molecule has 0 aliphatic rings. The fraction of sp³-hybridized carbons (Fsp3) is 0. The van der Waals surface area contributed by atoms with Crippen molar-refractivity contribution in [1.82, 2.24) is 29.1 Å². The highest BCUT2D eigenvalue weighted by atomic mass is 19.2. The Labute approximate surface area is 529 Å². The summed E-state index contributed by atoms with van der Waals surface area (Å²) in [5.74, 6) is -10.8. The minimum absolute atomic E-state index is 0.238. The summed E-state index contributed by atoms with van der Waals surface area (Å²) < 4.78 is 84.3. The third kappa shape index (κ3) is 9.74. The van der Waals surface area contributed by atoms with E-state index < -0.39 is 40.2 Å². The molecular weight excluding hydrogens is 1170 g/mol. The maximum Gasteiger partial charge on any atom is 0.200 e. The molecule has 0 saturated carbocycles. The Morgan fingerprint density at radius 2 is 0.538 bits per heavy atom. The van der Waals surface area contributed by atoms with E-state index in [1.165, 1.54) is 12.1 Å². The molecule has 0 amide bonds. The standard InChI is InChI=1S/C81H46F5N7/c82-77-76(78(83)80(85)81(86)79(77)84)65-46-75(93-72-43-54(58-31-35-90-68(39-58)50-17-9-3-10-18-50)23-27-63(72)64-28-24-55(44-73(64)93)59-32-36-91-69(40-59)51-19-11-4-12-20-51)74(45-60(65)47-87)92-70-41-52(56-29-33-88-66(37-56)48-13-5-1-6-14-48)21-25-61(70)62-26-22-53(42-71(62)92)57-30-34-89-67(38-57)49-15-7-2-8-16-49/h1-46H. The number of aromatic nitrogens is 6. The first-order valence-corrected chi connectivity index (χ1v) is 30.0. The number of halogens is 5. The Morgan fingerprint density at radius 3 is 0.828 bits per heavy atom. The monoisotopic (exact) mass is 1210 g/mol. The molecule has 0 aliphatic heterocycles. The highest BCUT2D eigenvalue weighted by molar-refractivity contribution is 6.14. The molecule has 0 bridgehead atoms. The molecule has 16 rings (SSSR count). The summed E-state index contributed by atoms with van der Waals surface area (Å²) in [7, 11) is 0. The summed E-state index contributed by atoms with van der Waals surface area (Å²) in [6, 6.07) is 84.7. The highest BCUT2D eigenvalue weighted by Crippen LogP contribution is 2.46. The van der Waals surface area contributed by atoms with Gasteiger partial charge in [0.05, 0.1) is 73.4 Å². The molecule has 0 unspecified atom stereocenters. The number of hydrogen-bond acceptors (Lipinski definition) is 5. The van der Waals surface area contributed by atoms with Crippen molar-refractivity contribution >= 4 is 43.6 Å². The second-order valence-electron chi connectivity index (χ2n) is 22.7. The van der Waals surface area contributed by atoms with Gasteiger partial charge >= 0.3 is 0 Å². The van der Waals surface area contributed by atoms with Gasteiger partial charge in [0, 0.05) is 74.1 Å². The summed E-state index contributed by atoms with van der Waals surface area (Å²) in [6.45, 7) is 0. The number of hydrogen-bond donors (Lipinski definition) is 0. The number of nitriles is 1. The lowest BCUT2D eigenvalue weighted by molar-refractivity contribution is 0.381. The molecule has 0 saturated heterocycles. The van der Waals surface area contributed by atoms with Crippen molar-refractivity contribution in [2.24, 2.45) is 0 Å². The van der Waals surface area contributed by atoms with Gasteiger partial charge in [-0.3, -0.25) is 19.9 Å². The SMILES string of the molecule is N#Cc1cc(-n2c3cc(-c4ccnc(-c5ccccc5)c4)ccc3c3ccc(-c4ccnc(-c5ccccc5)c4)cc32)c(-n2c3cc(-c4ccnc(-c5ccccc5)c4)ccc3c3ccc(-c4ccnc(-c5ccccc5)c4)cc32)cc1-c1c(F)c(F)c(F)c(F)c1F. The third-order valence-corrected chi connectivity index (χ3v) is 17.4. The van der Waals surface area contributed by atoms with E-state index in [1.54, 1.807) is 24.8 Å². The molecule has 10 aromatic carbocycles. The van der Waals surface area contributed by atoms with Crippen molar-refractivity contribution in [3.05, 3.63) is 314 Å². The average Bonchev–Trinajstić information content (AvgIpc) is 1.61. The van der Waals surface area contributed by atoms with Gasteiger partial charge in [-0.15, -0.1) is 0 Å². The summed E-state index contributed by atoms with van der Waals surface area (Å²) in [4.78, 5) is 19.0. The summed E-state index contributed by atoms with van der Waals surface area (Å²) in [6.07, 6.45) is 7.05. The van der Waals surface area contributed by atoms with E-state index in [4.69, 9.17) is 19.9 Å². The molecule has 6 heterocycles. The first kappa shape index (κ1) is 55.8. The lowest BCUT2D eigenvalue weighted by Gasteiger charge is -2.21. The molecule has 0 atom stereocenters. The van der Waals surface area contributed by atoms with Crippen molar-refractivity contribution in [2.45, 2.75) is 0 Å². The molecule has 16 aromatic rings. The second-order valence-corrected chi connectivity index (χ2v) is 22.7. The zero-order valence-electron chi connectivity index (χ0n) is 49.1. The fourth-order valence-electron chi connectivity index (χ4n) is 12.9. The normalized spacial score (nSPS) is 11.5. The molecule has 0 spiro atoms. The topological polar surface area (TPSA) is 85.2 Å². The number of rotatable bonds is 11. The van der Waals surface area contributed by atoms with Gasteiger partial charge in [-0.25, -0.2) is 22.0 Å². The smallest absolute Gasteiger partial charge is 0.200 e. The lowest BCUT2D eigenvalue weighted by Crippen LogP contribution is -2.08. The van der Waals surface area contributed by atoms with Gasteiger partial charge in [0.25, 0.3) is 0 Å². The van der Waals surface area contributed by atoms with Crippen molar-refractivity contribution in [1.29, 1.82) is 5.26 Å². The van der Waals surface area contributed by atoms with Gasteiger partial charge in [0.15, 0.2) is 23.3 Å². The van der Waals surface area contributed by atoms with Crippen molar-refractivity contribution in [2.75, 3.05) is 0 Å². The lowest BCUT2D eigenvalue weighted by atomic mass is 9.96. The van der Waals surface area contributed by atoms with Crippen LogP contribution in [-0.2, 0) is 0 Å². The Bertz CT molecular complexity index is 5400. The van der Waals surface area contributed by atoms with Gasteiger partial charge < -0.3 is 9.13 Å². The molecule has 0 N–H and O–H groups in total. The predicted molar refractivity (Wildman–Crippen MR) is 360 cm³/mol. The number of fused-ring (bicyclic) bond motifs is 6. The zero-order valence-corrected chi connectivity index (χ0v) is 49.1. The molecule has 0 fully saturated rings. The highest BCUT2D eigenvalue weighted by Gasteiger charge is 2.31. The van der Waals surface area contributed by atoms with Crippen LogP contribution < -0.4 is 0 Å². The first-order valence-electron chi connectivity index (χ1n) is 30.0. The summed E-state index contributed by atoms with van der Waals surface area (Å²) >= 11 is 0. The summed E-state index contributed by atoms with van der Waals surface area (Å²) in [5.41, 5.74) is 14.3. The third-order valence-electron chi connectivity index (χ3n) is 17.4. The van der Waals surface area contributed by atoms with Crippen LogP contribution >= 0.6 is 0 Å². The number of pyridine rings is 4. The van der Waals surface area contributed by atoms with E-state index in [0.717, 1.165) is 111 Å². The largest absolute Gasteiger partial charge is 0.307 e. The maximum atomic E-state index is 16.8. The zero-order chi connectivity index (χ0) is 62.8. The van der Waals surface area contributed by atoms with Crippen LogP contribution in [0.25, 0.3) is 156 Å². The van der Waals surface area contributed by atoms with E-state index >= 15 is 22.0 Å². The van der Waals surface area contributed by atoms with Crippen LogP contribution in [0.2, 0.25) is 0 Å². The minimum Gasteiger partial charge on any atom is -0.307 e. The Morgan fingerprint density at radius 1 is 0.269 bits per heavy atom. The van der Waals surface area contributed by atoms with Gasteiger partial charge in [-0.05, 0) is 129 Å². The van der Waals surface area contributed by atoms with Crippen molar-refractivity contribution < 1.29 is 22.0 Å². The van der Waals surface area contributed by atoms with Gasteiger partial charge in [-0.1, -0.05) is 170 Å². The fourth-order valence-corrected chi connectivity index (χ4v) is 12.9. The molecule has 7 nitrogen and oxygen atoms in total. The predicted octanol–water partition coefficient (Wildman–Crippen LogP) is 21.0. The first-order chi connectivity index (χ1) is 45.6. The molecule has 0 radical (unpaired) electrons. The van der Waals surface area contributed by atoms with Crippen LogP contribution in [0.5, 0.6) is 0 Å². The maximum absolute atomic E-state index is 16.8. The van der Waals surface area contributed by atoms with E-state index in [9.17, 15) is 5.26 Å². The molecule has 0 aliphatic carbocycles. The molecule has 6 aromatic heterocycles. The van der Waals surface area contributed by atoms with E-state index in [2.05, 4.69) is 30.3 Å². The van der Waals surface area contributed by atoms with Gasteiger partial charge in [0.1, 0.15) is 0 Å². The Hall–Kier alpha value is -12.5. The Balaban J connectivity index is 1.04. The number of benzene rings is 10. The number of nitrogens with zero attached hydrogens (tertiary/aromatic N) is 7. The van der Waals surface area contributed by atoms with Crippen molar-refractivity contribution in [3.8, 4) is 118 Å². The van der Waals surface area contributed by atoms with Gasteiger partial charge in [-0.2, -0.15) is 5.26 Å². The van der Waals surface area contributed by atoms with Crippen molar-refractivity contribution in [3.63, 3.8) is 0 Å². The van der Waals surface area contributed by atoms with Crippen LogP contribution in [0.3, 0.4) is 0 Å². The van der Waals surface area contributed by atoms with Gasteiger partial charge in [0.2, 0.25) is 5.82 Å². The van der Waals surface area contributed by atoms with Crippen LogP contribution in [0.4, 0.5) is 22.0 Å². The summed E-state index contributed by atoms with van der Waals surface area (Å²) in [5, 5.41) is 14.6. The quantitative estimate of drug-likeness (QED) is 0.0732. The molecular formula is C81H46F5N7. The second kappa shape index (κ2) is 22.8. The van der Waals surface area contributed by atoms with E-state index in [-0.39, 0.29) is 11.3 Å².